The maximum absolute atomic E-state index is 10.8. The van der Waals surface area contributed by atoms with Crippen molar-refractivity contribution in [2.24, 2.45) is 0 Å². The summed E-state index contributed by atoms with van der Waals surface area (Å²) in [5.74, 6) is 1.23. The fourth-order valence-electron chi connectivity index (χ4n) is 0.559. The molecular formula is C7H11Cl2O. The third-order valence-electron chi connectivity index (χ3n) is 1.04. The molecule has 0 saturated heterocycles. The van der Waals surface area contributed by atoms with E-state index in [0.717, 1.165) is 6.42 Å². The Morgan fingerprint density at radius 3 is 2.50 bits per heavy atom. The molecular weight excluding hydrogens is 171 g/mol. The lowest BCUT2D eigenvalue weighted by Gasteiger charge is -1.94. The van der Waals surface area contributed by atoms with E-state index in [1.807, 2.05) is 0 Å². The van der Waals surface area contributed by atoms with E-state index in [1.54, 1.807) is 6.42 Å². The number of Topliss-reactive ketones (excluding diaryl/α,β-unsaturated/α-hetero) is 1. The van der Waals surface area contributed by atoms with Crippen LogP contribution in [0.4, 0.5) is 0 Å². The summed E-state index contributed by atoms with van der Waals surface area (Å²) in [6.07, 6.45) is 3.61. The van der Waals surface area contributed by atoms with Gasteiger partial charge in [-0.2, -0.15) is 0 Å². The first-order valence-electron chi connectivity index (χ1n) is 3.29. The van der Waals surface area contributed by atoms with Crippen molar-refractivity contribution in [2.45, 2.75) is 19.3 Å². The molecule has 0 atom stereocenters. The van der Waals surface area contributed by atoms with Crippen molar-refractivity contribution >= 4 is 29.0 Å². The number of ketones is 1. The molecule has 1 nitrogen and oxygen atoms in total. The molecule has 0 fully saturated rings. The predicted molar refractivity (Wildman–Crippen MR) is 44.6 cm³/mol. The van der Waals surface area contributed by atoms with Crippen molar-refractivity contribution in [3.8, 4) is 0 Å². The summed E-state index contributed by atoms with van der Waals surface area (Å²) in [6, 6.07) is 0. The zero-order valence-corrected chi connectivity index (χ0v) is 7.29. The van der Waals surface area contributed by atoms with Crippen LogP contribution in [0.3, 0.4) is 0 Å². The van der Waals surface area contributed by atoms with Crippen LogP contribution in [0.1, 0.15) is 19.3 Å². The van der Waals surface area contributed by atoms with Crippen LogP contribution in [0.25, 0.3) is 0 Å². The molecule has 0 heterocycles. The number of carbonyl (C=O) groups is 1. The smallest absolute Gasteiger partial charge is 0.136 e. The molecule has 0 aromatic carbocycles. The molecule has 1 radical (unpaired) electrons. The highest BCUT2D eigenvalue weighted by molar-refractivity contribution is 6.18. The Balaban J connectivity index is 3.09. The number of alkyl halides is 2. The average molecular weight is 182 g/mol. The van der Waals surface area contributed by atoms with Gasteiger partial charge in [-0.1, -0.05) is 0 Å². The van der Waals surface area contributed by atoms with Crippen LogP contribution >= 0.6 is 23.2 Å². The minimum atomic E-state index is 0.154. The molecule has 0 aliphatic carbocycles. The lowest BCUT2D eigenvalue weighted by atomic mass is 10.1. The SMILES string of the molecule is O=C([CH]CCCl)CCCCl. The Bertz CT molecular complexity index is 83.6. The number of hydrogen-bond donors (Lipinski definition) is 0. The molecule has 0 aliphatic rings. The van der Waals surface area contributed by atoms with Gasteiger partial charge in [-0.15, -0.1) is 23.2 Å². The van der Waals surface area contributed by atoms with Gasteiger partial charge in [-0.25, -0.2) is 0 Å². The molecule has 59 valence electrons. The zero-order valence-electron chi connectivity index (χ0n) is 5.78. The van der Waals surface area contributed by atoms with E-state index in [9.17, 15) is 4.79 Å². The molecule has 0 aromatic rings. The number of carbonyl (C=O) groups excluding carboxylic acids is 1. The summed E-state index contributed by atoms with van der Waals surface area (Å²) in [4.78, 5) is 10.8. The standard InChI is InChI=1S/C7H11Cl2O/c8-5-1-3-7(10)4-2-6-9/h3H,1-2,4-6H2. The number of rotatable bonds is 6. The Morgan fingerprint density at radius 1 is 1.30 bits per heavy atom. The highest BCUT2D eigenvalue weighted by atomic mass is 35.5. The topological polar surface area (TPSA) is 17.1 Å². The quantitative estimate of drug-likeness (QED) is 0.576. The van der Waals surface area contributed by atoms with Crippen LogP contribution in [0.2, 0.25) is 0 Å². The first-order chi connectivity index (χ1) is 4.81. The van der Waals surface area contributed by atoms with E-state index in [4.69, 9.17) is 23.2 Å². The fourth-order valence-corrected chi connectivity index (χ4v) is 0.801. The van der Waals surface area contributed by atoms with Crippen LogP contribution in [0.5, 0.6) is 0 Å². The zero-order chi connectivity index (χ0) is 7.82. The van der Waals surface area contributed by atoms with Gasteiger partial charge >= 0.3 is 0 Å². The minimum Gasteiger partial charge on any atom is -0.299 e. The highest BCUT2D eigenvalue weighted by Crippen LogP contribution is 1.99. The van der Waals surface area contributed by atoms with E-state index in [1.165, 1.54) is 0 Å². The van der Waals surface area contributed by atoms with Crippen molar-refractivity contribution < 1.29 is 4.79 Å². The summed E-state index contributed by atoms with van der Waals surface area (Å²) >= 11 is 10.8. The van der Waals surface area contributed by atoms with E-state index in [0.29, 0.717) is 24.6 Å². The molecule has 0 rings (SSSR count). The van der Waals surface area contributed by atoms with Gasteiger partial charge in [0, 0.05) is 24.6 Å². The van der Waals surface area contributed by atoms with Gasteiger partial charge in [-0.3, -0.25) is 4.79 Å². The molecule has 0 unspecified atom stereocenters. The molecule has 0 bridgehead atoms. The van der Waals surface area contributed by atoms with Crippen LogP contribution in [0.15, 0.2) is 0 Å². The van der Waals surface area contributed by atoms with E-state index < -0.39 is 0 Å². The van der Waals surface area contributed by atoms with Crippen LogP contribution in [-0.4, -0.2) is 17.5 Å². The highest BCUT2D eigenvalue weighted by Gasteiger charge is 1.99. The Hall–Kier alpha value is 0.250. The van der Waals surface area contributed by atoms with Gasteiger partial charge in [0.2, 0.25) is 0 Å². The van der Waals surface area contributed by atoms with Crippen LogP contribution in [0, 0.1) is 6.42 Å². The minimum absolute atomic E-state index is 0.154. The Labute approximate surface area is 71.7 Å². The summed E-state index contributed by atoms with van der Waals surface area (Å²) in [5.41, 5.74) is 0. The van der Waals surface area contributed by atoms with E-state index in [2.05, 4.69) is 0 Å². The molecule has 0 aliphatic heterocycles. The Kier molecular flexibility index (Phi) is 7.54. The normalized spacial score (nSPS) is 9.80. The van der Waals surface area contributed by atoms with Crippen LogP contribution in [-0.2, 0) is 4.79 Å². The molecule has 3 heteroatoms. The molecule has 0 spiro atoms. The maximum atomic E-state index is 10.8. The summed E-state index contributed by atoms with van der Waals surface area (Å²) < 4.78 is 0. The average Bonchev–Trinajstić information content (AvgIpc) is 1.97. The van der Waals surface area contributed by atoms with Crippen molar-refractivity contribution in [3.05, 3.63) is 6.42 Å². The van der Waals surface area contributed by atoms with Gasteiger partial charge in [0.05, 0.1) is 0 Å². The van der Waals surface area contributed by atoms with Crippen molar-refractivity contribution in [3.63, 3.8) is 0 Å². The van der Waals surface area contributed by atoms with Gasteiger partial charge < -0.3 is 0 Å². The molecule has 0 saturated carbocycles. The number of hydrogen-bond acceptors (Lipinski definition) is 1. The third-order valence-corrected chi connectivity index (χ3v) is 1.52. The van der Waals surface area contributed by atoms with Gasteiger partial charge in [0.15, 0.2) is 0 Å². The second-order valence-electron chi connectivity index (χ2n) is 1.94. The largest absolute Gasteiger partial charge is 0.299 e. The van der Waals surface area contributed by atoms with Gasteiger partial charge in [-0.05, 0) is 12.8 Å². The Morgan fingerprint density at radius 2 is 2.00 bits per heavy atom. The monoisotopic (exact) mass is 181 g/mol. The van der Waals surface area contributed by atoms with Gasteiger partial charge in [0.1, 0.15) is 5.78 Å². The first kappa shape index (κ1) is 10.2. The second-order valence-corrected chi connectivity index (χ2v) is 2.70. The van der Waals surface area contributed by atoms with Crippen molar-refractivity contribution in [1.82, 2.24) is 0 Å². The second kappa shape index (κ2) is 7.36. The summed E-state index contributed by atoms with van der Waals surface area (Å²) in [7, 11) is 0. The van der Waals surface area contributed by atoms with Crippen molar-refractivity contribution in [1.29, 1.82) is 0 Å². The summed E-state index contributed by atoms with van der Waals surface area (Å²) in [6.45, 7) is 0. The number of halogens is 2. The van der Waals surface area contributed by atoms with E-state index >= 15 is 0 Å². The van der Waals surface area contributed by atoms with Crippen LogP contribution < -0.4 is 0 Å². The maximum Gasteiger partial charge on any atom is 0.136 e. The lowest BCUT2D eigenvalue weighted by molar-refractivity contribution is -0.116. The van der Waals surface area contributed by atoms with Gasteiger partial charge in [0.25, 0.3) is 0 Å². The third kappa shape index (κ3) is 6.37. The lowest BCUT2D eigenvalue weighted by Crippen LogP contribution is -1.98. The predicted octanol–water partition coefficient (Wildman–Crippen LogP) is 2.41. The molecule has 0 amide bonds. The first-order valence-corrected chi connectivity index (χ1v) is 4.36. The fraction of sp³-hybridized carbons (Fsp3) is 0.714. The van der Waals surface area contributed by atoms with E-state index in [-0.39, 0.29) is 5.78 Å². The molecule has 10 heavy (non-hydrogen) atoms. The summed E-state index contributed by atoms with van der Waals surface area (Å²) in [5, 5.41) is 0. The van der Waals surface area contributed by atoms with Crippen molar-refractivity contribution in [2.75, 3.05) is 11.8 Å². The molecule has 0 N–H and O–H groups in total. The molecule has 0 aromatic heterocycles.